The van der Waals surface area contributed by atoms with Crippen LogP contribution in [0.4, 0.5) is 5.69 Å². The molecule has 0 fully saturated rings. The number of carbonyl (C=O) groups excluding carboxylic acids is 2. The van der Waals surface area contributed by atoms with Gasteiger partial charge in [-0.1, -0.05) is 42.5 Å². The summed E-state index contributed by atoms with van der Waals surface area (Å²) in [5.41, 5.74) is 3.81. The highest BCUT2D eigenvalue weighted by Crippen LogP contribution is 2.33. The number of fused-ring (bicyclic) bond motifs is 1. The zero-order chi connectivity index (χ0) is 17.4. The van der Waals surface area contributed by atoms with Crippen LogP contribution in [0.25, 0.3) is 23.0 Å². The van der Waals surface area contributed by atoms with E-state index in [4.69, 9.17) is 4.42 Å². The molecule has 0 spiro atoms. The Morgan fingerprint density at radius 2 is 1.73 bits per heavy atom. The van der Waals surface area contributed by atoms with Crippen LogP contribution < -0.4 is 5.32 Å². The molecule has 2 aromatic carbocycles. The summed E-state index contributed by atoms with van der Waals surface area (Å²) in [6.45, 7) is 1.54. The second-order valence-corrected chi connectivity index (χ2v) is 5.89. The van der Waals surface area contributed by atoms with Gasteiger partial charge in [-0.25, -0.2) is 0 Å². The molecule has 1 N–H and O–H groups in total. The van der Waals surface area contributed by atoms with Gasteiger partial charge >= 0.3 is 0 Å². The second kappa shape index (κ2) is 7.14. The Morgan fingerprint density at radius 1 is 1.00 bits per heavy atom. The smallest absolute Gasteiger partial charge is 0.256 e. The number of benzene rings is 2. The van der Waals surface area contributed by atoms with Crippen LogP contribution >= 0.6 is 17.0 Å². The SMILES string of the molecule is Br.CC(=O)c1ccc(-c2ccc(/C=C3/C(=O)Nc4ccccc43)o2)cc1. The summed E-state index contributed by atoms with van der Waals surface area (Å²) in [5.74, 6) is 1.19. The van der Waals surface area contributed by atoms with Crippen LogP contribution in [-0.2, 0) is 4.79 Å². The maximum atomic E-state index is 12.2. The summed E-state index contributed by atoms with van der Waals surface area (Å²) in [6.07, 6.45) is 1.74. The van der Waals surface area contributed by atoms with Crippen molar-refractivity contribution in [3.8, 4) is 11.3 Å². The predicted molar refractivity (Wildman–Crippen MR) is 107 cm³/mol. The fourth-order valence-corrected chi connectivity index (χ4v) is 2.88. The third kappa shape index (κ3) is 3.26. The van der Waals surface area contributed by atoms with Crippen molar-refractivity contribution in [3.05, 3.63) is 77.6 Å². The molecular weight excluding hydrogens is 394 g/mol. The van der Waals surface area contributed by atoms with Crippen molar-refractivity contribution >= 4 is 46.0 Å². The molecule has 1 aliphatic rings. The van der Waals surface area contributed by atoms with Gasteiger partial charge in [-0.2, -0.15) is 0 Å². The summed E-state index contributed by atoms with van der Waals surface area (Å²) in [7, 11) is 0. The van der Waals surface area contributed by atoms with Crippen LogP contribution in [0, 0.1) is 0 Å². The third-order valence-corrected chi connectivity index (χ3v) is 4.20. The molecule has 0 radical (unpaired) electrons. The lowest BCUT2D eigenvalue weighted by molar-refractivity contribution is -0.110. The minimum absolute atomic E-state index is 0. The quantitative estimate of drug-likeness (QED) is 0.476. The van der Waals surface area contributed by atoms with Gasteiger partial charge in [0, 0.05) is 22.4 Å². The van der Waals surface area contributed by atoms with Gasteiger partial charge in [0.2, 0.25) is 0 Å². The largest absolute Gasteiger partial charge is 0.457 e. The third-order valence-electron chi connectivity index (χ3n) is 4.20. The number of para-hydroxylation sites is 1. The lowest BCUT2D eigenvalue weighted by atomic mass is 10.1. The number of Topliss-reactive ketones (excluding diaryl/α,β-unsaturated/α-hetero) is 1. The minimum atomic E-state index is -0.134. The molecule has 1 aromatic heterocycles. The Bertz CT molecular complexity index is 1020. The lowest BCUT2D eigenvalue weighted by Gasteiger charge is -1.99. The average molecular weight is 410 g/mol. The summed E-state index contributed by atoms with van der Waals surface area (Å²) < 4.78 is 5.85. The van der Waals surface area contributed by atoms with E-state index >= 15 is 0 Å². The molecule has 130 valence electrons. The Balaban J connectivity index is 0.00000196. The number of halogens is 1. The highest BCUT2D eigenvalue weighted by molar-refractivity contribution is 8.93. The first kappa shape index (κ1) is 17.9. The van der Waals surface area contributed by atoms with E-state index in [1.165, 1.54) is 6.92 Å². The number of hydrogen-bond acceptors (Lipinski definition) is 3. The van der Waals surface area contributed by atoms with Crippen molar-refractivity contribution in [1.29, 1.82) is 0 Å². The van der Waals surface area contributed by atoms with Gasteiger partial charge < -0.3 is 9.73 Å². The number of amides is 1. The van der Waals surface area contributed by atoms with E-state index in [0.717, 1.165) is 16.8 Å². The maximum absolute atomic E-state index is 12.2. The summed E-state index contributed by atoms with van der Waals surface area (Å²) >= 11 is 0. The minimum Gasteiger partial charge on any atom is -0.457 e. The van der Waals surface area contributed by atoms with Crippen molar-refractivity contribution in [2.24, 2.45) is 0 Å². The number of rotatable bonds is 3. The summed E-state index contributed by atoms with van der Waals surface area (Å²) in [4.78, 5) is 23.5. The molecule has 0 aliphatic carbocycles. The number of furan rings is 1. The van der Waals surface area contributed by atoms with Crippen LogP contribution in [-0.4, -0.2) is 11.7 Å². The highest BCUT2D eigenvalue weighted by Gasteiger charge is 2.23. The standard InChI is InChI=1S/C21H15NO3.BrH/c1-13(23)14-6-8-15(9-7-14)20-11-10-16(25-20)12-18-17-4-2-3-5-19(17)22-21(18)24;/h2-12H,1H3,(H,22,24);1H/b18-12+;. The zero-order valence-electron chi connectivity index (χ0n) is 14.0. The number of nitrogens with one attached hydrogen (secondary N) is 1. The number of anilines is 1. The predicted octanol–water partition coefficient (Wildman–Crippen LogP) is 5.22. The molecule has 0 atom stereocenters. The van der Waals surface area contributed by atoms with Gasteiger partial charge in [-0.15, -0.1) is 17.0 Å². The molecule has 0 saturated heterocycles. The van der Waals surface area contributed by atoms with Gasteiger partial charge in [-0.3, -0.25) is 9.59 Å². The van der Waals surface area contributed by atoms with Gasteiger partial charge in [-0.05, 0) is 31.2 Å². The number of carbonyl (C=O) groups is 2. The van der Waals surface area contributed by atoms with Crippen LogP contribution in [0.3, 0.4) is 0 Å². The zero-order valence-corrected chi connectivity index (χ0v) is 15.7. The molecule has 1 aliphatic heterocycles. The highest BCUT2D eigenvalue weighted by atomic mass is 79.9. The lowest BCUT2D eigenvalue weighted by Crippen LogP contribution is -2.03. The van der Waals surface area contributed by atoms with E-state index in [0.29, 0.717) is 22.7 Å². The van der Waals surface area contributed by atoms with Gasteiger partial charge in [0.25, 0.3) is 5.91 Å². The monoisotopic (exact) mass is 409 g/mol. The normalized spacial score (nSPS) is 13.9. The van der Waals surface area contributed by atoms with E-state index in [1.807, 2.05) is 48.5 Å². The molecule has 4 rings (SSSR count). The van der Waals surface area contributed by atoms with Crippen LogP contribution in [0.2, 0.25) is 0 Å². The first-order valence-corrected chi connectivity index (χ1v) is 7.95. The van der Waals surface area contributed by atoms with Crippen LogP contribution in [0.5, 0.6) is 0 Å². The summed E-state index contributed by atoms with van der Waals surface area (Å²) in [6, 6.07) is 18.5. The van der Waals surface area contributed by atoms with Gasteiger partial charge in [0.05, 0.1) is 5.57 Å². The van der Waals surface area contributed by atoms with E-state index in [1.54, 1.807) is 18.2 Å². The van der Waals surface area contributed by atoms with Crippen LogP contribution in [0.15, 0.2) is 65.1 Å². The topological polar surface area (TPSA) is 59.3 Å². The summed E-state index contributed by atoms with van der Waals surface area (Å²) in [5, 5.41) is 2.84. The molecule has 4 nitrogen and oxygen atoms in total. The molecule has 5 heteroatoms. The molecular formula is C21H16BrNO3. The Morgan fingerprint density at radius 3 is 2.46 bits per heavy atom. The second-order valence-electron chi connectivity index (χ2n) is 5.89. The molecule has 2 heterocycles. The first-order chi connectivity index (χ1) is 12.1. The van der Waals surface area contributed by atoms with E-state index in [-0.39, 0.29) is 28.7 Å². The average Bonchev–Trinajstić information content (AvgIpc) is 3.20. The van der Waals surface area contributed by atoms with Crippen molar-refractivity contribution < 1.29 is 14.0 Å². The van der Waals surface area contributed by atoms with Crippen molar-refractivity contribution in [2.45, 2.75) is 6.92 Å². The Kier molecular flexibility index (Phi) is 4.91. The van der Waals surface area contributed by atoms with Gasteiger partial charge in [0.15, 0.2) is 5.78 Å². The van der Waals surface area contributed by atoms with E-state index < -0.39 is 0 Å². The van der Waals surface area contributed by atoms with Crippen molar-refractivity contribution in [2.75, 3.05) is 5.32 Å². The molecule has 1 amide bonds. The molecule has 3 aromatic rings. The molecule has 0 unspecified atom stereocenters. The maximum Gasteiger partial charge on any atom is 0.256 e. The van der Waals surface area contributed by atoms with E-state index in [9.17, 15) is 9.59 Å². The fourth-order valence-electron chi connectivity index (χ4n) is 2.88. The number of hydrogen-bond donors (Lipinski definition) is 1. The molecule has 0 bridgehead atoms. The molecule has 26 heavy (non-hydrogen) atoms. The fraction of sp³-hybridized carbons (Fsp3) is 0.0476. The number of ketones is 1. The van der Waals surface area contributed by atoms with Crippen molar-refractivity contribution in [3.63, 3.8) is 0 Å². The Hall–Kier alpha value is -2.92. The van der Waals surface area contributed by atoms with Gasteiger partial charge in [0.1, 0.15) is 11.5 Å². The molecule has 0 saturated carbocycles. The van der Waals surface area contributed by atoms with Crippen molar-refractivity contribution in [1.82, 2.24) is 0 Å². The van der Waals surface area contributed by atoms with Crippen LogP contribution in [0.1, 0.15) is 28.6 Å². The first-order valence-electron chi connectivity index (χ1n) is 7.95. The Labute approximate surface area is 161 Å². The van der Waals surface area contributed by atoms with E-state index in [2.05, 4.69) is 5.32 Å².